The van der Waals surface area contributed by atoms with Gasteiger partial charge in [0.2, 0.25) is 0 Å². The highest BCUT2D eigenvalue weighted by Gasteiger charge is 2.20. The van der Waals surface area contributed by atoms with Crippen molar-refractivity contribution in [3.8, 4) is 0 Å². The second-order valence-corrected chi connectivity index (χ2v) is 3.63. The number of rotatable bonds is 3. The number of carbonyl (C=O) groups is 2. The molecule has 0 radical (unpaired) electrons. The van der Waals surface area contributed by atoms with Gasteiger partial charge in [-0.05, 0) is 19.9 Å². The van der Waals surface area contributed by atoms with Gasteiger partial charge in [-0.15, -0.1) is 0 Å². The number of carbonyl (C=O) groups excluding carboxylic acids is 2. The van der Waals surface area contributed by atoms with Crippen LogP contribution in [-0.2, 0) is 16.5 Å². The monoisotopic (exact) mass is 253 g/mol. The Kier molecular flexibility index (Phi) is 4.25. The number of aromatic nitrogens is 1. The highest BCUT2D eigenvalue weighted by molar-refractivity contribution is 5.95. The summed E-state index contributed by atoms with van der Waals surface area (Å²) < 4.78 is 10.6. The second kappa shape index (κ2) is 5.48. The van der Waals surface area contributed by atoms with Crippen molar-refractivity contribution in [3.63, 3.8) is 0 Å². The van der Waals surface area contributed by atoms with Gasteiger partial charge in [0.05, 0.1) is 19.3 Å². The maximum absolute atomic E-state index is 11.9. The minimum absolute atomic E-state index is 0.156. The van der Waals surface area contributed by atoms with Crippen LogP contribution in [0.2, 0.25) is 0 Å². The molecular weight excluding hydrogens is 238 g/mol. The molecule has 0 aliphatic rings. The Morgan fingerprint density at radius 2 is 1.89 bits per heavy atom. The summed E-state index contributed by atoms with van der Waals surface area (Å²) in [4.78, 5) is 35.0. The molecule has 1 rings (SSSR count). The summed E-state index contributed by atoms with van der Waals surface area (Å²) in [7, 11) is 2.71. The second-order valence-electron chi connectivity index (χ2n) is 3.63. The van der Waals surface area contributed by atoms with Gasteiger partial charge in [0.15, 0.2) is 0 Å². The van der Waals surface area contributed by atoms with Gasteiger partial charge in [0.25, 0.3) is 5.56 Å². The van der Waals surface area contributed by atoms with E-state index in [0.29, 0.717) is 5.69 Å². The molecule has 1 aromatic rings. The summed E-state index contributed by atoms with van der Waals surface area (Å²) >= 11 is 0. The van der Waals surface area contributed by atoms with E-state index in [0.717, 1.165) is 0 Å². The first-order valence-electron chi connectivity index (χ1n) is 5.40. The van der Waals surface area contributed by atoms with Gasteiger partial charge >= 0.3 is 11.9 Å². The van der Waals surface area contributed by atoms with E-state index in [4.69, 9.17) is 4.74 Å². The average Bonchev–Trinajstić information content (AvgIpc) is 2.35. The van der Waals surface area contributed by atoms with E-state index in [-0.39, 0.29) is 17.7 Å². The summed E-state index contributed by atoms with van der Waals surface area (Å²) in [6, 6.07) is 1.21. The first kappa shape index (κ1) is 14.0. The molecule has 0 spiro atoms. The molecule has 0 N–H and O–H groups in total. The molecule has 0 saturated carbocycles. The number of methoxy groups -OCH3 is 1. The van der Waals surface area contributed by atoms with Crippen molar-refractivity contribution in [3.05, 3.63) is 33.2 Å². The van der Waals surface area contributed by atoms with Gasteiger partial charge in [-0.1, -0.05) is 0 Å². The summed E-state index contributed by atoms with van der Waals surface area (Å²) in [5.41, 5.74) is -0.0773. The van der Waals surface area contributed by atoms with E-state index in [1.54, 1.807) is 13.8 Å². The Hall–Kier alpha value is -2.11. The van der Waals surface area contributed by atoms with Crippen LogP contribution in [0.5, 0.6) is 0 Å². The lowest BCUT2D eigenvalue weighted by atomic mass is 10.1. The van der Waals surface area contributed by atoms with E-state index in [2.05, 4.69) is 4.74 Å². The fourth-order valence-corrected chi connectivity index (χ4v) is 1.50. The summed E-state index contributed by atoms with van der Waals surface area (Å²) in [6.07, 6.45) is 0. The third-order valence-electron chi connectivity index (χ3n) is 2.62. The third-order valence-corrected chi connectivity index (χ3v) is 2.62. The van der Waals surface area contributed by atoms with Crippen LogP contribution in [0.4, 0.5) is 0 Å². The Morgan fingerprint density at radius 1 is 1.28 bits per heavy atom. The SMILES string of the molecule is CCOC(=O)c1cc(C(=O)OC)c(C)n(C)c1=O. The van der Waals surface area contributed by atoms with Crippen LogP contribution < -0.4 is 5.56 Å². The van der Waals surface area contributed by atoms with E-state index in [9.17, 15) is 14.4 Å². The third kappa shape index (κ3) is 2.42. The summed E-state index contributed by atoms with van der Waals surface area (Å²) in [5.74, 6) is -1.35. The van der Waals surface area contributed by atoms with Crippen molar-refractivity contribution in [2.45, 2.75) is 13.8 Å². The molecule has 0 aliphatic heterocycles. The normalized spacial score (nSPS) is 10.0. The van der Waals surface area contributed by atoms with Crippen LogP contribution in [0.1, 0.15) is 33.3 Å². The predicted molar refractivity (Wildman–Crippen MR) is 63.7 cm³/mol. The molecule has 18 heavy (non-hydrogen) atoms. The van der Waals surface area contributed by atoms with Crippen molar-refractivity contribution >= 4 is 11.9 Å². The van der Waals surface area contributed by atoms with Gasteiger partial charge in [0.1, 0.15) is 5.56 Å². The fraction of sp³-hybridized carbons (Fsp3) is 0.417. The van der Waals surface area contributed by atoms with Crippen LogP contribution in [0.3, 0.4) is 0 Å². The van der Waals surface area contributed by atoms with Gasteiger partial charge in [-0.25, -0.2) is 9.59 Å². The van der Waals surface area contributed by atoms with Crippen molar-refractivity contribution in [1.82, 2.24) is 4.57 Å². The maximum Gasteiger partial charge on any atom is 0.343 e. The van der Waals surface area contributed by atoms with Crippen LogP contribution in [0, 0.1) is 6.92 Å². The Bertz CT molecular complexity index is 544. The van der Waals surface area contributed by atoms with Crippen LogP contribution in [-0.4, -0.2) is 30.2 Å². The lowest BCUT2D eigenvalue weighted by molar-refractivity contribution is 0.0523. The molecule has 1 heterocycles. The highest BCUT2D eigenvalue weighted by Crippen LogP contribution is 2.09. The van der Waals surface area contributed by atoms with E-state index in [1.807, 2.05) is 0 Å². The molecule has 0 saturated heterocycles. The topological polar surface area (TPSA) is 74.6 Å². The number of hydrogen-bond donors (Lipinski definition) is 0. The van der Waals surface area contributed by atoms with E-state index >= 15 is 0 Å². The van der Waals surface area contributed by atoms with E-state index in [1.165, 1.54) is 24.8 Å². The van der Waals surface area contributed by atoms with Crippen molar-refractivity contribution in [2.75, 3.05) is 13.7 Å². The number of esters is 2. The van der Waals surface area contributed by atoms with Gasteiger partial charge < -0.3 is 14.0 Å². The molecule has 0 bridgehead atoms. The zero-order valence-electron chi connectivity index (χ0n) is 10.8. The average molecular weight is 253 g/mol. The minimum Gasteiger partial charge on any atom is -0.465 e. The summed E-state index contributed by atoms with van der Waals surface area (Å²) in [5, 5.41) is 0. The van der Waals surface area contributed by atoms with Crippen molar-refractivity contribution < 1.29 is 19.1 Å². The molecule has 1 aromatic heterocycles. The molecule has 0 amide bonds. The molecule has 0 fully saturated rings. The molecule has 0 atom stereocenters. The highest BCUT2D eigenvalue weighted by atomic mass is 16.5. The smallest absolute Gasteiger partial charge is 0.343 e. The molecule has 0 aliphatic carbocycles. The molecule has 0 unspecified atom stereocenters. The molecule has 6 heteroatoms. The summed E-state index contributed by atoms with van der Waals surface area (Å²) in [6.45, 7) is 3.39. The maximum atomic E-state index is 11.9. The zero-order valence-corrected chi connectivity index (χ0v) is 10.8. The van der Waals surface area contributed by atoms with Crippen molar-refractivity contribution in [2.24, 2.45) is 7.05 Å². The Labute approximate surface area is 104 Å². The molecule has 98 valence electrons. The molecule has 0 aromatic carbocycles. The quantitative estimate of drug-likeness (QED) is 0.740. The zero-order chi connectivity index (χ0) is 13.9. The van der Waals surface area contributed by atoms with Crippen LogP contribution in [0.25, 0.3) is 0 Å². The van der Waals surface area contributed by atoms with E-state index < -0.39 is 17.5 Å². The number of hydrogen-bond acceptors (Lipinski definition) is 5. The molecule has 6 nitrogen and oxygen atoms in total. The largest absolute Gasteiger partial charge is 0.465 e. The lowest BCUT2D eigenvalue weighted by Gasteiger charge is -2.11. The number of ether oxygens (including phenoxy) is 2. The van der Waals surface area contributed by atoms with Crippen LogP contribution in [0.15, 0.2) is 10.9 Å². The number of pyridine rings is 1. The fourth-order valence-electron chi connectivity index (χ4n) is 1.50. The first-order valence-corrected chi connectivity index (χ1v) is 5.40. The minimum atomic E-state index is -0.747. The Balaban J connectivity index is 3.46. The predicted octanol–water partition coefficient (Wildman–Crippen LogP) is 0.657. The standard InChI is InChI=1S/C12H15NO5/c1-5-18-12(16)9-6-8(11(15)17-4)7(2)13(3)10(9)14/h6H,5H2,1-4H3. The first-order chi connectivity index (χ1) is 8.43. The molecular formula is C12H15NO5. The van der Waals surface area contributed by atoms with Gasteiger partial charge in [0, 0.05) is 12.7 Å². The van der Waals surface area contributed by atoms with Gasteiger partial charge in [-0.2, -0.15) is 0 Å². The number of nitrogens with zero attached hydrogens (tertiary/aromatic N) is 1. The van der Waals surface area contributed by atoms with Gasteiger partial charge in [-0.3, -0.25) is 4.79 Å². The van der Waals surface area contributed by atoms with Crippen LogP contribution >= 0.6 is 0 Å². The van der Waals surface area contributed by atoms with Crippen molar-refractivity contribution in [1.29, 1.82) is 0 Å². The Morgan fingerprint density at radius 3 is 2.39 bits per heavy atom. The lowest BCUT2D eigenvalue weighted by Crippen LogP contribution is -2.29.